The second kappa shape index (κ2) is 6.94. The molecule has 0 saturated carbocycles. The number of benzene rings is 1. The third-order valence-corrected chi connectivity index (χ3v) is 4.72. The van der Waals surface area contributed by atoms with Crippen molar-refractivity contribution in [2.24, 2.45) is 0 Å². The first-order valence-corrected chi connectivity index (χ1v) is 8.73. The molecule has 0 N–H and O–H groups in total. The van der Waals surface area contributed by atoms with E-state index in [9.17, 15) is 0 Å². The lowest BCUT2D eigenvalue weighted by atomic mass is 10.1. The summed E-state index contributed by atoms with van der Waals surface area (Å²) in [6.07, 6.45) is 3.32. The Morgan fingerprint density at radius 3 is 2.84 bits per heavy atom. The van der Waals surface area contributed by atoms with Crippen LogP contribution in [0.2, 0.25) is 0 Å². The van der Waals surface area contributed by atoms with Crippen LogP contribution in [0.15, 0.2) is 69.2 Å². The molecule has 0 saturated heterocycles. The Morgan fingerprint density at radius 2 is 2.04 bits per heavy atom. The fraction of sp³-hybridized carbons (Fsp3) is 0.176. The highest BCUT2D eigenvalue weighted by Crippen LogP contribution is 2.26. The predicted octanol–water partition coefficient (Wildman–Crippen LogP) is 3.82. The summed E-state index contributed by atoms with van der Waals surface area (Å²) in [5.74, 6) is 2.05. The molecule has 0 aliphatic rings. The first-order valence-electron chi connectivity index (χ1n) is 7.75. The minimum Gasteiger partial charge on any atom is -0.461 e. The van der Waals surface area contributed by atoms with Crippen molar-refractivity contribution in [3.05, 3.63) is 66.5 Å². The van der Waals surface area contributed by atoms with Gasteiger partial charge in [0.2, 0.25) is 11.7 Å². The number of hydrogen-bond acceptors (Lipinski definition) is 7. The van der Waals surface area contributed by atoms with Crippen LogP contribution in [-0.2, 0) is 5.75 Å². The number of nitrogens with zero attached hydrogens (tertiary/aromatic N) is 5. The van der Waals surface area contributed by atoms with Crippen LogP contribution in [0.5, 0.6) is 0 Å². The van der Waals surface area contributed by atoms with E-state index in [4.69, 9.17) is 8.94 Å². The van der Waals surface area contributed by atoms with Gasteiger partial charge in [-0.2, -0.15) is 4.98 Å². The summed E-state index contributed by atoms with van der Waals surface area (Å²) in [5.41, 5.74) is 1.20. The molecular formula is C17H15N5O2S. The second-order valence-electron chi connectivity index (χ2n) is 5.39. The van der Waals surface area contributed by atoms with Crippen molar-refractivity contribution >= 4 is 11.8 Å². The molecule has 0 fully saturated rings. The molecular weight excluding hydrogens is 338 g/mol. The molecule has 0 aliphatic carbocycles. The third kappa shape index (κ3) is 3.34. The Hall–Kier alpha value is -2.87. The topological polar surface area (TPSA) is 82.8 Å². The lowest BCUT2D eigenvalue weighted by Crippen LogP contribution is -2.07. The molecule has 126 valence electrons. The second-order valence-corrected chi connectivity index (χ2v) is 6.33. The maximum Gasteiger partial charge on any atom is 0.238 e. The van der Waals surface area contributed by atoms with Gasteiger partial charge in [0.1, 0.15) is 6.33 Å². The fourth-order valence-electron chi connectivity index (χ4n) is 2.44. The first kappa shape index (κ1) is 15.6. The summed E-state index contributed by atoms with van der Waals surface area (Å²) in [7, 11) is 0. The highest BCUT2D eigenvalue weighted by Gasteiger charge is 2.16. The van der Waals surface area contributed by atoms with Gasteiger partial charge in [-0.3, -0.25) is 0 Å². The van der Waals surface area contributed by atoms with Gasteiger partial charge in [-0.25, -0.2) is 0 Å². The van der Waals surface area contributed by atoms with Crippen LogP contribution >= 0.6 is 11.8 Å². The number of hydrogen-bond donors (Lipinski definition) is 0. The minimum absolute atomic E-state index is 0.139. The maximum absolute atomic E-state index is 5.27. The van der Waals surface area contributed by atoms with Gasteiger partial charge in [-0.15, -0.1) is 10.2 Å². The molecule has 7 nitrogen and oxygen atoms in total. The normalized spacial score (nSPS) is 12.4. The van der Waals surface area contributed by atoms with Crippen molar-refractivity contribution in [3.63, 3.8) is 0 Å². The summed E-state index contributed by atoms with van der Waals surface area (Å²) >= 11 is 1.50. The van der Waals surface area contributed by atoms with Crippen molar-refractivity contribution in [1.29, 1.82) is 0 Å². The number of rotatable bonds is 6. The summed E-state index contributed by atoms with van der Waals surface area (Å²) in [6.45, 7) is 2.12. The third-order valence-electron chi connectivity index (χ3n) is 3.77. The highest BCUT2D eigenvalue weighted by atomic mass is 32.2. The van der Waals surface area contributed by atoms with Gasteiger partial charge in [-0.1, -0.05) is 47.3 Å². The molecule has 0 spiro atoms. The summed E-state index contributed by atoms with van der Waals surface area (Å²) in [6, 6.07) is 14.0. The molecule has 0 aliphatic heterocycles. The number of furan rings is 1. The van der Waals surface area contributed by atoms with E-state index in [0.717, 1.165) is 5.16 Å². The Balaban J connectivity index is 1.47. The van der Waals surface area contributed by atoms with Gasteiger partial charge in [0.15, 0.2) is 10.9 Å². The van der Waals surface area contributed by atoms with Gasteiger partial charge >= 0.3 is 0 Å². The lowest BCUT2D eigenvalue weighted by Gasteiger charge is -2.15. The quantitative estimate of drug-likeness (QED) is 0.487. The van der Waals surface area contributed by atoms with E-state index >= 15 is 0 Å². The monoisotopic (exact) mass is 353 g/mol. The van der Waals surface area contributed by atoms with E-state index in [0.29, 0.717) is 23.2 Å². The SMILES string of the molecule is CC(c1ccccc1)n1cnnc1SCc1nc(-c2ccco2)no1. The average Bonchev–Trinajstić information content (AvgIpc) is 3.40. The van der Waals surface area contributed by atoms with E-state index in [1.807, 2.05) is 22.8 Å². The van der Waals surface area contributed by atoms with Crippen LogP contribution in [0.4, 0.5) is 0 Å². The molecule has 4 rings (SSSR count). The van der Waals surface area contributed by atoms with E-state index in [2.05, 4.69) is 39.4 Å². The zero-order valence-electron chi connectivity index (χ0n) is 13.4. The van der Waals surface area contributed by atoms with Crippen molar-refractivity contribution in [2.75, 3.05) is 0 Å². The molecule has 0 bridgehead atoms. The van der Waals surface area contributed by atoms with Gasteiger partial charge in [0.05, 0.1) is 18.1 Å². The van der Waals surface area contributed by atoms with Gasteiger partial charge in [0, 0.05) is 0 Å². The van der Waals surface area contributed by atoms with Crippen LogP contribution in [0.1, 0.15) is 24.4 Å². The van der Waals surface area contributed by atoms with Crippen LogP contribution in [0.3, 0.4) is 0 Å². The zero-order chi connectivity index (χ0) is 17.1. The van der Waals surface area contributed by atoms with E-state index in [1.165, 1.54) is 17.3 Å². The average molecular weight is 353 g/mol. The van der Waals surface area contributed by atoms with Crippen LogP contribution in [0, 0.1) is 0 Å². The van der Waals surface area contributed by atoms with Crippen molar-refractivity contribution < 1.29 is 8.94 Å². The fourth-order valence-corrected chi connectivity index (χ4v) is 3.27. The smallest absolute Gasteiger partial charge is 0.238 e. The van der Waals surface area contributed by atoms with Crippen molar-refractivity contribution in [2.45, 2.75) is 23.9 Å². The van der Waals surface area contributed by atoms with Gasteiger partial charge in [-0.05, 0) is 24.6 Å². The Morgan fingerprint density at radius 1 is 1.16 bits per heavy atom. The molecule has 4 aromatic rings. The van der Waals surface area contributed by atoms with Gasteiger partial charge < -0.3 is 13.5 Å². The van der Waals surface area contributed by atoms with E-state index in [1.54, 1.807) is 24.7 Å². The number of thioether (sulfide) groups is 1. The molecule has 8 heteroatoms. The molecule has 1 atom stereocenters. The molecule has 0 radical (unpaired) electrons. The van der Waals surface area contributed by atoms with Crippen molar-refractivity contribution in [3.8, 4) is 11.6 Å². The first-order chi connectivity index (χ1) is 12.3. The standard InChI is InChI=1S/C17H15N5O2S/c1-12(13-6-3-2-4-7-13)22-11-18-20-17(22)25-10-15-19-16(21-24-15)14-8-5-9-23-14/h2-9,11-12H,10H2,1H3. The Labute approximate surface area is 148 Å². The zero-order valence-corrected chi connectivity index (χ0v) is 14.3. The van der Waals surface area contributed by atoms with Gasteiger partial charge in [0.25, 0.3) is 0 Å². The molecule has 3 aromatic heterocycles. The van der Waals surface area contributed by atoms with Crippen LogP contribution < -0.4 is 0 Å². The Bertz CT molecular complexity index is 933. The Kier molecular flexibility index (Phi) is 4.34. The largest absolute Gasteiger partial charge is 0.461 e. The molecule has 0 amide bonds. The highest BCUT2D eigenvalue weighted by molar-refractivity contribution is 7.98. The molecule has 25 heavy (non-hydrogen) atoms. The van der Waals surface area contributed by atoms with E-state index in [-0.39, 0.29) is 6.04 Å². The van der Waals surface area contributed by atoms with Crippen LogP contribution in [0.25, 0.3) is 11.6 Å². The minimum atomic E-state index is 0.139. The maximum atomic E-state index is 5.27. The lowest BCUT2D eigenvalue weighted by molar-refractivity contribution is 0.390. The summed E-state index contributed by atoms with van der Waals surface area (Å²) in [4.78, 5) is 4.34. The van der Waals surface area contributed by atoms with Crippen molar-refractivity contribution in [1.82, 2.24) is 24.9 Å². The summed E-state index contributed by atoms with van der Waals surface area (Å²) < 4.78 is 12.6. The summed E-state index contributed by atoms with van der Waals surface area (Å²) in [5, 5.41) is 13.0. The number of aromatic nitrogens is 5. The van der Waals surface area contributed by atoms with E-state index < -0.39 is 0 Å². The molecule has 3 heterocycles. The molecule has 1 unspecified atom stereocenters. The molecule has 1 aromatic carbocycles. The predicted molar refractivity (Wildman–Crippen MR) is 91.8 cm³/mol. The van der Waals surface area contributed by atoms with Crippen LogP contribution in [-0.4, -0.2) is 24.9 Å².